The number of hydrogen-bond acceptors (Lipinski definition) is 3. The van der Waals surface area contributed by atoms with E-state index in [4.69, 9.17) is 0 Å². The molecule has 3 atom stereocenters. The van der Waals surface area contributed by atoms with Gasteiger partial charge < -0.3 is 5.32 Å². The van der Waals surface area contributed by atoms with Gasteiger partial charge in [-0.25, -0.2) is 0 Å². The molecule has 3 unspecified atom stereocenters. The average Bonchev–Trinajstić information content (AvgIpc) is 2.76. The molecule has 0 amide bonds. The number of rotatable bonds is 4. The maximum Gasteiger partial charge on any atom is 0.0728 e. The van der Waals surface area contributed by atoms with Gasteiger partial charge in [-0.05, 0) is 38.3 Å². The Kier molecular flexibility index (Phi) is 4.15. The fourth-order valence-electron chi connectivity index (χ4n) is 3.19. The van der Waals surface area contributed by atoms with E-state index in [1.54, 1.807) is 0 Å². The fourth-order valence-corrected chi connectivity index (χ4v) is 3.19. The second kappa shape index (κ2) is 5.63. The third-order valence-corrected chi connectivity index (χ3v) is 4.28. The van der Waals surface area contributed by atoms with Crippen molar-refractivity contribution in [3.63, 3.8) is 0 Å². The van der Waals surface area contributed by atoms with Crippen molar-refractivity contribution in [1.29, 1.82) is 0 Å². The predicted octanol–water partition coefficient (Wildman–Crippen LogP) is 1.94. The van der Waals surface area contributed by atoms with Gasteiger partial charge in [0, 0.05) is 13.0 Å². The van der Waals surface area contributed by atoms with Crippen molar-refractivity contribution in [2.75, 3.05) is 13.6 Å². The summed E-state index contributed by atoms with van der Waals surface area (Å²) in [4.78, 5) is 0. The molecule has 1 saturated carbocycles. The molecule has 1 heterocycles. The molecule has 17 heavy (non-hydrogen) atoms. The molecule has 1 aromatic rings. The molecule has 0 bridgehead atoms. The molecular weight excluding hydrogens is 212 g/mol. The first kappa shape index (κ1) is 12.6. The molecule has 1 fully saturated rings. The van der Waals surface area contributed by atoms with Crippen LogP contribution in [0.5, 0.6) is 0 Å². The lowest BCUT2D eigenvalue weighted by Gasteiger charge is -2.35. The monoisotopic (exact) mass is 236 g/mol. The molecule has 0 spiro atoms. The van der Waals surface area contributed by atoms with Gasteiger partial charge in [0.15, 0.2) is 0 Å². The van der Waals surface area contributed by atoms with Crippen LogP contribution in [0.25, 0.3) is 0 Å². The quantitative estimate of drug-likeness (QED) is 0.869. The molecule has 4 heteroatoms. The van der Waals surface area contributed by atoms with Crippen LogP contribution >= 0.6 is 0 Å². The van der Waals surface area contributed by atoms with E-state index < -0.39 is 0 Å². The molecule has 2 rings (SSSR count). The lowest BCUT2D eigenvalue weighted by atomic mass is 9.72. The molecule has 4 nitrogen and oxygen atoms in total. The van der Waals surface area contributed by atoms with Crippen LogP contribution in [0.1, 0.15) is 44.2 Å². The summed E-state index contributed by atoms with van der Waals surface area (Å²) >= 11 is 0. The molecule has 0 aromatic carbocycles. The molecule has 0 aliphatic heterocycles. The zero-order chi connectivity index (χ0) is 12.3. The van der Waals surface area contributed by atoms with Crippen LogP contribution in [0.3, 0.4) is 0 Å². The maximum atomic E-state index is 4.08. The highest BCUT2D eigenvalue weighted by atomic mass is 15.4. The minimum Gasteiger partial charge on any atom is -0.319 e. The molecule has 0 radical (unpaired) electrons. The Balaban J connectivity index is 2.16. The van der Waals surface area contributed by atoms with Crippen LogP contribution in [-0.4, -0.2) is 28.6 Å². The molecule has 0 saturated heterocycles. The highest BCUT2D eigenvalue weighted by Gasteiger charge is 2.32. The minimum absolute atomic E-state index is 0.626. The first-order valence-corrected chi connectivity index (χ1v) is 6.75. The van der Waals surface area contributed by atoms with Gasteiger partial charge in [-0.2, -0.15) is 0 Å². The van der Waals surface area contributed by atoms with Crippen LogP contribution in [0.15, 0.2) is 6.20 Å². The molecule has 1 aliphatic rings. The summed E-state index contributed by atoms with van der Waals surface area (Å²) < 4.78 is 1.95. The number of hydrogen-bond donors (Lipinski definition) is 1. The summed E-state index contributed by atoms with van der Waals surface area (Å²) in [5, 5.41) is 11.4. The average molecular weight is 236 g/mol. The second-order valence-electron chi connectivity index (χ2n) is 5.29. The van der Waals surface area contributed by atoms with Gasteiger partial charge in [-0.15, -0.1) is 5.10 Å². The molecule has 1 aromatic heterocycles. The zero-order valence-electron chi connectivity index (χ0n) is 11.2. The van der Waals surface area contributed by atoms with Crippen molar-refractivity contribution in [2.24, 2.45) is 18.9 Å². The summed E-state index contributed by atoms with van der Waals surface area (Å²) in [5.74, 6) is 2.24. The summed E-state index contributed by atoms with van der Waals surface area (Å²) in [7, 11) is 4.05. The van der Waals surface area contributed by atoms with Gasteiger partial charge in [-0.3, -0.25) is 4.68 Å². The van der Waals surface area contributed by atoms with Gasteiger partial charge in [0.2, 0.25) is 0 Å². The summed E-state index contributed by atoms with van der Waals surface area (Å²) in [6.07, 6.45) is 7.25. The number of aryl methyl sites for hydroxylation is 1. The second-order valence-corrected chi connectivity index (χ2v) is 5.29. The van der Waals surface area contributed by atoms with E-state index in [0.29, 0.717) is 5.92 Å². The summed E-state index contributed by atoms with van der Waals surface area (Å²) in [6, 6.07) is 0. The van der Waals surface area contributed by atoms with Crippen LogP contribution < -0.4 is 5.32 Å². The highest BCUT2D eigenvalue weighted by Crippen LogP contribution is 2.40. The SMILES string of the molecule is CCC1CCC(CNC)C(c2cnnn2C)C1. The first-order valence-electron chi connectivity index (χ1n) is 6.75. The standard InChI is InChI=1S/C13H24N4/c1-4-10-5-6-11(8-14-2)12(7-10)13-9-15-16-17(13)3/h9-12,14H,4-8H2,1-3H3. The van der Waals surface area contributed by atoms with E-state index in [-0.39, 0.29) is 0 Å². The van der Waals surface area contributed by atoms with Crippen LogP contribution in [0.2, 0.25) is 0 Å². The van der Waals surface area contributed by atoms with Gasteiger partial charge in [0.25, 0.3) is 0 Å². The van der Waals surface area contributed by atoms with E-state index in [0.717, 1.165) is 18.4 Å². The van der Waals surface area contributed by atoms with Crippen LogP contribution in [-0.2, 0) is 7.05 Å². The highest BCUT2D eigenvalue weighted by molar-refractivity contribution is 5.07. The fraction of sp³-hybridized carbons (Fsp3) is 0.846. The number of nitrogens with one attached hydrogen (secondary N) is 1. The lowest BCUT2D eigenvalue weighted by Crippen LogP contribution is -2.31. The smallest absolute Gasteiger partial charge is 0.0728 e. The van der Waals surface area contributed by atoms with E-state index in [1.807, 2.05) is 25.0 Å². The zero-order valence-corrected chi connectivity index (χ0v) is 11.2. The molecule has 1 N–H and O–H groups in total. The third kappa shape index (κ3) is 2.68. The van der Waals surface area contributed by atoms with Gasteiger partial charge in [0.05, 0.1) is 11.9 Å². The minimum atomic E-state index is 0.626. The van der Waals surface area contributed by atoms with Crippen molar-refractivity contribution in [1.82, 2.24) is 20.3 Å². The Morgan fingerprint density at radius 2 is 2.29 bits per heavy atom. The van der Waals surface area contributed by atoms with E-state index >= 15 is 0 Å². The van der Waals surface area contributed by atoms with E-state index in [1.165, 1.54) is 31.4 Å². The Morgan fingerprint density at radius 3 is 2.88 bits per heavy atom. The number of aromatic nitrogens is 3. The third-order valence-electron chi connectivity index (χ3n) is 4.28. The van der Waals surface area contributed by atoms with Gasteiger partial charge in [-0.1, -0.05) is 25.0 Å². The molecule has 96 valence electrons. The molecule has 1 aliphatic carbocycles. The Bertz CT molecular complexity index is 347. The topological polar surface area (TPSA) is 42.7 Å². The molecular formula is C13H24N4. The van der Waals surface area contributed by atoms with Gasteiger partial charge >= 0.3 is 0 Å². The lowest BCUT2D eigenvalue weighted by molar-refractivity contribution is 0.221. The van der Waals surface area contributed by atoms with Gasteiger partial charge in [0.1, 0.15) is 0 Å². The van der Waals surface area contributed by atoms with Crippen LogP contribution in [0, 0.1) is 11.8 Å². The van der Waals surface area contributed by atoms with Crippen molar-refractivity contribution in [3.8, 4) is 0 Å². The maximum absolute atomic E-state index is 4.08. The van der Waals surface area contributed by atoms with Crippen molar-refractivity contribution in [2.45, 2.75) is 38.5 Å². The predicted molar refractivity (Wildman–Crippen MR) is 68.8 cm³/mol. The van der Waals surface area contributed by atoms with E-state index in [9.17, 15) is 0 Å². The van der Waals surface area contributed by atoms with Crippen molar-refractivity contribution < 1.29 is 0 Å². The number of nitrogens with zero attached hydrogens (tertiary/aromatic N) is 3. The normalized spacial score (nSPS) is 29.5. The Labute approximate surface area is 104 Å². The van der Waals surface area contributed by atoms with Crippen molar-refractivity contribution in [3.05, 3.63) is 11.9 Å². The van der Waals surface area contributed by atoms with Crippen molar-refractivity contribution >= 4 is 0 Å². The Hall–Kier alpha value is -0.900. The summed E-state index contributed by atoms with van der Waals surface area (Å²) in [5.41, 5.74) is 1.31. The van der Waals surface area contributed by atoms with Crippen LogP contribution in [0.4, 0.5) is 0 Å². The largest absolute Gasteiger partial charge is 0.319 e. The Morgan fingerprint density at radius 1 is 1.47 bits per heavy atom. The summed E-state index contributed by atoms with van der Waals surface area (Å²) in [6.45, 7) is 3.41. The van der Waals surface area contributed by atoms with E-state index in [2.05, 4.69) is 22.6 Å². The first-order chi connectivity index (χ1) is 8.26.